The SMILES string of the molecule is CCCNC(Cc1ccccc1)c1cc(C)ccc1Br. The van der Waals surface area contributed by atoms with Gasteiger partial charge >= 0.3 is 0 Å². The summed E-state index contributed by atoms with van der Waals surface area (Å²) in [5.41, 5.74) is 4.02. The number of rotatable bonds is 6. The van der Waals surface area contributed by atoms with Crippen LogP contribution < -0.4 is 5.32 Å². The van der Waals surface area contributed by atoms with Crippen LogP contribution >= 0.6 is 15.9 Å². The molecule has 0 saturated heterocycles. The van der Waals surface area contributed by atoms with E-state index < -0.39 is 0 Å². The third-order valence-corrected chi connectivity index (χ3v) is 4.17. The molecule has 2 heteroatoms. The Morgan fingerprint density at radius 1 is 1.10 bits per heavy atom. The van der Waals surface area contributed by atoms with E-state index in [0.29, 0.717) is 6.04 Å². The van der Waals surface area contributed by atoms with Gasteiger partial charge in [0.15, 0.2) is 0 Å². The van der Waals surface area contributed by atoms with Crippen LogP contribution in [-0.2, 0) is 6.42 Å². The van der Waals surface area contributed by atoms with Crippen LogP contribution in [0.25, 0.3) is 0 Å². The van der Waals surface area contributed by atoms with Gasteiger partial charge in [-0.05, 0) is 43.5 Å². The molecule has 0 fully saturated rings. The van der Waals surface area contributed by atoms with Crippen LogP contribution in [0.2, 0.25) is 0 Å². The van der Waals surface area contributed by atoms with Gasteiger partial charge < -0.3 is 5.32 Å². The lowest BCUT2D eigenvalue weighted by atomic mass is 9.97. The average Bonchev–Trinajstić information content (AvgIpc) is 2.47. The highest BCUT2D eigenvalue weighted by atomic mass is 79.9. The third-order valence-electron chi connectivity index (χ3n) is 3.45. The van der Waals surface area contributed by atoms with E-state index in [9.17, 15) is 0 Å². The van der Waals surface area contributed by atoms with Gasteiger partial charge in [-0.25, -0.2) is 0 Å². The Bertz CT molecular complexity index is 536. The highest BCUT2D eigenvalue weighted by Gasteiger charge is 2.14. The first-order chi connectivity index (χ1) is 9.70. The van der Waals surface area contributed by atoms with Crippen molar-refractivity contribution < 1.29 is 0 Å². The van der Waals surface area contributed by atoms with Gasteiger partial charge in [-0.3, -0.25) is 0 Å². The van der Waals surface area contributed by atoms with E-state index >= 15 is 0 Å². The standard InChI is InChI=1S/C18H22BrN/c1-3-11-20-18(13-15-7-5-4-6-8-15)16-12-14(2)9-10-17(16)19/h4-10,12,18,20H,3,11,13H2,1-2H3. The zero-order valence-electron chi connectivity index (χ0n) is 12.2. The maximum Gasteiger partial charge on any atom is 0.0372 e. The molecule has 0 aliphatic carbocycles. The van der Waals surface area contributed by atoms with Crippen molar-refractivity contribution in [1.82, 2.24) is 5.32 Å². The quantitative estimate of drug-likeness (QED) is 0.781. The number of hydrogen-bond donors (Lipinski definition) is 1. The predicted molar refractivity (Wildman–Crippen MR) is 90.1 cm³/mol. The molecule has 2 aromatic rings. The summed E-state index contributed by atoms with van der Waals surface area (Å²) in [5, 5.41) is 3.67. The minimum atomic E-state index is 0.353. The second-order valence-electron chi connectivity index (χ2n) is 5.22. The second kappa shape index (κ2) is 7.61. The van der Waals surface area contributed by atoms with Crippen LogP contribution in [0.15, 0.2) is 53.0 Å². The molecule has 0 heterocycles. The maximum absolute atomic E-state index is 3.70. The molecule has 20 heavy (non-hydrogen) atoms. The Balaban J connectivity index is 2.24. The molecule has 1 unspecified atom stereocenters. The van der Waals surface area contributed by atoms with E-state index in [0.717, 1.165) is 19.4 Å². The molecule has 0 aliphatic rings. The molecule has 0 spiro atoms. The van der Waals surface area contributed by atoms with Crippen LogP contribution in [0.3, 0.4) is 0 Å². The molecule has 106 valence electrons. The van der Waals surface area contributed by atoms with E-state index in [1.807, 2.05) is 0 Å². The smallest absolute Gasteiger partial charge is 0.0372 e. The summed E-state index contributed by atoms with van der Waals surface area (Å²) in [7, 11) is 0. The number of halogens is 1. The summed E-state index contributed by atoms with van der Waals surface area (Å²) < 4.78 is 1.19. The Morgan fingerprint density at radius 2 is 1.85 bits per heavy atom. The molecule has 2 aromatic carbocycles. The van der Waals surface area contributed by atoms with E-state index in [4.69, 9.17) is 0 Å². The van der Waals surface area contributed by atoms with Crippen LogP contribution in [0.4, 0.5) is 0 Å². The zero-order valence-corrected chi connectivity index (χ0v) is 13.8. The number of aryl methyl sites for hydroxylation is 1. The first kappa shape index (κ1) is 15.3. The topological polar surface area (TPSA) is 12.0 Å². The lowest BCUT2D eigenvalue weighted by Gasteiger charge is -2.21. The Morgan fingerprint density at radius 3 is 2.55 bits per heavy atom. The molecule has 1 nitrogen and oxygen atoms in total. The lowest BCUT2D eigenvalue weighted by molar-refractivity contribution is 0.527. The number of nitrogens with one attached hydrogen (secondary N) is 1. The first-order valence-electron chi connectivity index (χ1n) is 7.24. The number of hydrogen-bond acceptors (Lipinski definition) is 1. The molecule has 0 aromatic heterocycles. The van der Waals surface area contributed by atoms with Gasteiger partial charge in [0.2, 0.25) is 0 Å². The number of benzene rings is 2. The summed E-state index contributed by atoms with van der Waals surface area (Å²) in [6, 6.07) is 17.6. The van der Waals surface area contributed by atoms with Gasteiger partial charge in [0.1, 0.15) is 0 Å². The Hall–Kier alpha value is -1.12. The van der Waals surface area contributed by atoms with E-state index in [1.165, 1.54) is 21.2 Å². The average molecular weight is 332 g/mol. The van der Waals surface area contributed by atoms with Crippen LogP contribution in [0.1, 0.15) is 36.1 Å². The van der Waals surface area contributed by atoms with Gasteiger partial charge in [-0.1, -0.05) is 70.9 Å². The third kappa shape index (κ3) is 4.19. The molecule has 1 N–H and O–H groups in total. The highest BCUT2D eigenvalue weighted by molar-refractivity contribution is 9.10. The molecular weight excluding hydrogens is 310 g/mol. The molecule has 1 atom stereocenters. The summed E-state index contributed by atoms with van der Waals surface area (Å²) in [6.07, 6.45) is 2.16. The van der Waals surface area contributed by atoms with Crippen molar-refractivity contribution in [1.29, 1.82) is 0 Å². The van der Waals surface area contributed by atoms with Crippen LogP contribution in [0, 0.1) is 6.92 Å². The van der Waals surface area contributed by atoms with Crippen molar-refractivity contribution in [3.8, 4) is 0 Å². The summed E-state index contributed by atoms with van der Waals surface area (Å²) in [4.78, 5) is 0. The van der Waals surface area contributed by atoms with Crippen LogP contribution in [0.5, 0.6) is 0 Å². The monoisotopic (exact) mass is 331 g/mol. The highest BCUT2D eigenvalue weighted by Crippen LogP contribution is 2.27. The first-order valence-corrected chi connectivity index (χ1v) is 8.03. The van der Waals surface area contributed by atoms with Gasteiger partial charge in [-0.15, -0.1) is 0 Å². The molecule has 0 radical (unpaired) electrons. The van der Waals surface area contributed by atoms with Crippen molar-refractivity contribution >= 4 is 15.9 Å². The Labute approximate surface area is 130 Å². The van der Waals surface area contributed by atoms with Gasteiger partial charge in [0, 0.05) is 10.5 Å². The molecule has 0 bridgehead atoms. The minimum absolute atomic E-state index is 0.353. The second-order valence-corrected chi connectivity index (χ2v) is 6.08. The minimum Gasteiger partial charge on any atom is -0.310 e. The normalized spacial score (nSPS) is 12.3. The van der Waals surface area contributed by atoms with E-state index in [1.54, 1.807) is 0 Å². The van der Waals surface area contributed by atoms with Crippen molar-refractivity contribution in [2.75, 3.05) is 6.54 Å². The largest absolute Gasteiger partial charge is 0.310 e. The fourth-order valence-electron chi connectivity index (χ4n) is 2.39. The predicted octanol–water partition coefficient (Wildman–Crippen LogP) is 5.04. The molecule has 0 amide bonds. The molecule has 0 saturated carbocycles. The summed E-state index contributed by atoms with van der Waals surface area (Å²) in [5.74, 6) is 0. The van der Waals surface area contributed by atoms with Crippen molar-refractivity contribution in [2.45, 2.75) is 32.7 Å². The van der Waals surface area contributed by atoms with E-state index in [-0.39, 0.29) is 0 Å². The molecule has 0 aliphatic heterocycles. The van der Waals surface area contributed by atoms with E-state index in [2.05, 4.69) is 83.6 Å². The van der Waals surface area contributed by atoms with Crippen molar-refractivity contribution in [3.05, 3.63) is 69.7 Å². The van der Waals surface area contributed by atoms with Crippen LogP contribution in [-0.4, -0.2) is 6.54 Å². The fourth-order valence-corrected chi connectivity index (χ4v) is 2.91. The lowest BCUT2D eigenvalue weighted by Crippen LogP contribution is -2.24. The zero-order chi connectivity index (χ0) is 14.4. The summed E-state index contributed by atoms with van der Waals surface area (Å²) >= 11 is 3.70. The summed E-state index contributed by atoms with van der Waals surface area (Å²) in [6.45, 7) is 5.39. The van der Waals surface area contributed by atoms with Gasteiger partial charge in [-0.2, -0.15) is 0 Å². The Kier molecular flexibility index (Phi) is 5.81. The van der Waals surface area contributed by atoms with Gasteiger partial charge in [0.05, 0.1) is 0 Å². The fraction of sp³-hybridized carbons (Fsp3) is 0.333. The van der Waals surface area contributed by atoms with Crippen molar-refractivity contribution in [2.24, 2.45) is 0 Å². The molecule has 2 rings (SSSR count). The van der Waals surface area contributed by atoms with Crippen molar-refractivity contribution in [3.63, 3.8) is 0 Å². The maximum atomic E-state index is 3.70. The van der Waals surface area contributed by atoms with Gasteiger partial charge in [0.25, 0.3) is 0 Å². The molecular formula is C18H22BrN.